The summed E-state index contributed by atoms with van der Waals surface area (Å²) in [6, 6.07) is 6.16. The van der Waals surface area contributed by atoms with Crippen molar-refractivity contribution in [2.45, 2.75) is 18.9 Å². The lowest BCUT2D eigenvalue weighted by Crippen LogP contribution is -2.17. The van der Waals surface area contributed by atoms with E-state index in [0.717, 1.165) is 28.2 Å². The first kappa shape index (κ1) is 12.4. The zero-order valence-electron chi connectivity index (χ0n) is 11.5. The Labute approximate surface area is 112 Å². The van der Waals surface area contributed by atoms with Crippen molar-refractivity contribution in [1.29, 1.82) is 0 Å². The molecule has 0 bridgehead atoms. The first-order chi connectivity index (χ1) is 9.26. The molecule has 1 atom stereocenters. The summed E-state index contributed by atoms with van der Waals surface area (Å²) in [5.74, 6) is 3.21. The van der Waals surface area contributed by atoms with E-state index in [4.69, 9.17) is 13.9 Å². The van der Waals surface area contributed by atoms with Gasteiger partial charge >= 0.3 is 0 Å². The van der Waals surface area contributed by atoms with Crippen molar-refractivity contribution in [1.82, 2.24) is 5.32 Å². The molecule has 1 heterocycles. The topological polar surface area (TPSA) is 43.6 Å². The molecule has 1 aliphatic rings. The molecule has 1 unspecified atom stereocenters. The van der Waals surface area contributed by atoms with Gasteiger partial charge in [0.15, 0.2) is 0 Å². The zero-order chi connectivity index (χ0) is 13.4. The molecule has 0 amide bonds. The maximum atomic E-state index is 5.98. The molecule has 1 aromatic heterocycles. The number of rotatable bonds is 5. The van der Waals surface area contributed by atoms with Crippen LogP contribution in [-0.4, -0.2) is 21.3 Å². The Balaban J connectivity index is 2.08. The van der Waals surface area contributed by atoms with Crippen LogP contribution >= 0.6 is 0 Å². The fourth-order valence-electron chi connectivity index (χ4n) is 2.58. The minimum Gasteiger partial charge on any atom is -0.496 e. The quantitative estimate of drug-likeness (QED) is 0.898. The molecule has 0 aliphatic heterocycles. The number of fused-ring (bicyclic) bond motifs is 1. The van der Waals surface area contributed by atoms with Gasteiger partial charge in [-0.1, -0.05) is 0 Å². The maximum absolute atomic E-state index is 5.98. The van der Waals surface area contributed by atoms with E-state index < -0.39 is 0 Å². The van der Waals surface area contributed by atoms with Gasteiger partial charge in [0, 0.05) is 12.1 Å². The number of benzene rings is 1. The smallest absolute Gasteiger partial charge is 0.141 e. The molecule has 2 aromatic rings. The van der Waals surface area contributed by atoms with Crippen molar-refractivity contribution in [2.24, 2.45) is 5.92 Å². The van der Waals surface area contributed by atoms with Crippen molar-refractivity contribution < 1.29 is 13.9 Å². The predicted molar refractivity (Wildman–Crippen MR) is 73.8 cm³/mol. The van der Waals surface area contributed by atoms with E-state index in [2.05, 4.69) is 11.4 Å². The van der Waals surface area contributed by atoms with Crippen LogP contribution in [0.1, 0.15) is 24.6 Å². The molecule has 19 heavy (non-hydrogen) atoms. The number of hydrogen-bond donors (Lipinski definition) is 1. The standard InChI is InChI=1S/C15H19NO3/c1-16-15(9-4-5-9)14-8-11-12(18-3)6-10(17-2)7-13(11)19-14/h6-9,15-16H,4-5H2,1-3H3. The maximum Gasteiger partial charge on any atom is 0.141 e. The predicted octanol–water partition coefficient (Wildman–Crippen LogP) is 3.12. The first-order valence-corrected chi connectivity index (χ1v) is 6.59. The van der Waals surface area contributed by atoms with Gasteiger partial charge in [0.1, 0.15) is 22.8 Å². The second-order valence-electron chi connectivity index (χ2n) is 4.99. The molecule has 0 radical (unpaired) electrons. The summed E-state index contributed by atoms with van der Waals surface area (Å²) in [6.07, 6.45) is 2.53. The van der Waals surface area contributed by atoms with Gasteiger partial charge in [-0.3, -0.25) is 0 Å². The number of ether oxygens (including phenoxy) is 2. The van der Waals surface area contributed by atoms with E-state index in [1.165, 1.54) is 12.8 Å². The molecule has 0 saturated heterocycles. The lowest BCUT2D eigenvalue weighted by atomic mass is 10.1. The second kappa shape index (κ2) is 4.78. The number of methoxy groups -OCH3 is 2. The molecule has 3 rings (SSSR count). The van der Waals surface area contributed by atoms with E-state index in [1.807, 2.05) is 19.2 Å². The van der Waals surface area contributed by atoms with E-state index in [9.17, 15) is 0 Å². The summed E-state index contributed by atoms with van der Waals surface area (Å²) in [5, 5.41) is 4.34. The Kier molecular flexibility index (Phi) is 3.11. The number of nitrogens with one attached hydrogen (secondary N) is 1. The van der Waals surface area contributed by atoms with E-state index in [-0.39, 0.29) is 0 Å². The molecule has 1 aliphatic carbocycles. The van der Waals surface area contributed by atoms with Crippen molar-refractivity contribution >= 4 is 11.0 Å². The van der Waals surface area contributed by atoms with Gasteiger partial charge in [-0.05, 0) is 31.9 Å². The van der Waals surface area contributed by atoms with Crippen LogP contribution in [0.2, 0.25) is 0 Å². The Morgan fingerprint density at radius 1 is 1.21 bits per heavy atom. The minimum absolute atomic E-state index is 0.295. The highest BCUT2D eigenvalue weighted by Crippen LogP contribution is 2.43. The third-order valence-electron chi connectivity index (χ3n) is 3.76. The van der Waals surface area contributed by atoms with E-state index in [1.54, 1.807) is 14.2 Å². The summed E-state index contributed by atoms with van der Waals surface area (Å²) in [7, 11) is 5.29. The van der Waals surface area contributed by atoms with Gasteiger partial charge in [0.2, 0.25) is 0 Å². The second-order valence-corrected chi connectivity index (χ2v) is 4.99. The summed E-state index contributed by atoms with van der Waals surface area (Å²) in [6.45, 7) is 0. The Morgan fingerprint density at radius 3 is 2.58 bits per heavy atom. The summed E-state index contributed by atoms with van der Waals surface area (Å²) >= 11 is 0. The molecule has 102 valence electrons. The Morgan fingerprint density at radius 2 is 2.00 bits per heavy atom. The molecule has 1 fully saturated rings. The fraction of sp³-hybridized carbons (Fsp3) is 0.467. The van der Waals surface area contributed by atoms with Crippen LogP contribution in [0.3, 0.4) is 0 Å². The van der Waals surface area contributed by atoms with Crippen LogP contribution in [0.4, 0.5) is 0 Å². The van der Waals surface area contributed by atoms with Crippen LogP contribution in [-0.2, 0) is 0 Å². The molecule has 1 saturated carbocycles. The average Bonchev–Trinajstić information content (AvgIpc) is 3.17. The van der Waals surface area contributed by atoms with Crippen molar-refractivity contribution in [3.05, 3.63) is 24.0 Å². The minimum atomic E-state index is 0.295. The van der Waals surface area contributed by atoms with E-state index in [0.29, 0.717) is 12.0 Å². The van der Waals surface area contributed by atoms with Gasteiger partial charge in [0.05, 0.1) is 25.6 Å². The fourth-order valence-corrected chi connectivity index (χ4v) is 2.58. The summed E-state index contributed by atoms with van der Waals surface area (Å²) in [4.78, 5) is 0. The molecule has 1 aromatic carbocycles. The molecule has 4 heteroatoms. The SMILES string of the molecule is CNC(c1cc2c(OC)cc(OC)cc2o1)C1CC1. The third kappa shape index (κ3) is 2.16. The van der Waals surface area contributed by atoms with Crippen molar-refractivity contribution in [3.63, 3.8) is 0 Å². The largest absolute Gasteiger partial charge is 0.496 e. The van der Waals surface area contributed by atoms with Crippen LogP contribution in [0.25, 0.3) is 11.0 Å². The molecular formula is C15H19NO3. The molecule has 0 spiro atoms. The van der Waals surface area contributed by atoms with E-state index >= 15 is 0 Å². The van der Waals surface area contributed by atoms with Crippen molar-refractivity contribution in [3.8, 4) is 11.5 Å². The van der Waals surface area contributed by atoms with Gasteiger partial charge in [0.25, 0.3) is 0 Å². The van der Waals surface area contributed by atoms with Crippen LogP contribution in [0, 0.1) is 5.92 Å². The average molecular weight is 261 g/mol. The monoisotopic (exact) mass is 261 g/mol. The normalized spacial score (nSPS) is 16.6. The Hall–Kier alpha value is -1.68. The highest BCUT2D eigenvalue weighted by Gasteiger charge is 2.33. The molecular weight excluding hydrogens is 242 g/mol. The van der Waals surface area contributed by atoms with Gasteiger partial charge < -0.3 is 19.2 Å². The molecule has 4 nitrogen and oxygen atoms in total. The van der Waals surface area contributed by atoms with Gasteiger partial charge in [-0.15, -0.1) is 0 Å². The lowest BCUT2D eigenvalue weighted by molar-refractivity contribution is 0.395. The summed E-state index contributed by atoms with van der Waals surface area (Å²) < 4.78 is 16.7. The highest BCUT2D eigenvalue weighted by atomic mass is 16.5. The highest BCUT2D eigenvalue weighted by molar-refractivity contribution is 5.86. The van der Waals surface area contributed by atoms with Crippen LogP contribution in [0.5, 0.6) is 11.5 Å². The van der Waals surface area contributed by atoms with Crippen LogP contribution in [0.15, 0.2) is 22.6 Å². The number of hydrogen-bond acceptors (Lipinski definition) is 4. The Bertz CT molecular complexity index is 586. The van der Waals surface area contributed by atoms with Gasteiger partial charge in [-0.2, -0.15) is 0 Å². The first-order valence-electron chi connectivity index (χ1n) is 6.59. The lowest BCUT2D eigenvalue weighted by Gasteiger charge is -2.11. The zero-order valence-corrected chi connectivity index (χ0v) is 11.5. The summed E-state index contributed by atoms with van der Waals surface area (Å²) in [5.41, 5.74) is 0.812. The van der Waals surface area contributed by atoms with Gasteiger partial charge in [-0.25, -0.2) is 0 Å². The molecule has 1 N–H and O–H groups in total. The van der Waals surface area contributed by atoms with Crippen molar-refractivity contribution in [2.75, 3.05) is 21.3 Å². The number of furan rings is 1. The third-order valence-corrected chi connectivity index (χ3v) is 3.76. The van der Waals surface area contributed by atoms with Crippen LogP contribution < -0.4 is 14.8 Å².